The van der Waals surface area contributed by atoms with E-state index in [-0.39, 0.29) is 11.7 Å². The first-order valence-corrected chi connectivity index (χ1v) is 8.84. The molecule has 1 N–H and O–H groups in total. The van der Waals surface area contributed by atoms with E-state index in [1.54, 1.807) is 6.20 Å². The number of aromatic nitrogens is 1. The molecule has 1 aliphatic heterocycles. The minimum atomic E-state index is 0.0861. The zero-order valence-electron chi connectivity index (χ0n) is 14.5. The summed E-state index contributed by atoms with van der Waals surface area (Å²) in [6.07, 6.45) is 1.69. The highest BCUT2D eigenvalue weighted by Gasteiger charge is 2.22. The number of hydrogen-bond acceptors (Lipinski definition) is 4. The number of carbonyl (C=O) groups is 1. The molecule has 0 unspecified atom stereocenters. The van der Waals surface area contributed by atoms with E-state index in [1.807, 2.05) is 59.5 Å². The van der Waals surface area contributed by atoms with Gasteiger partial charge >= 0.3 is 0 Å². The van der Waals surface area contributed by atoms with Crippen LogP contribution in [0.5, 0.6) is 5.75 Å². The standard InChI is InChI=1S/C21H21N3O2/c25-20-18(9-8-16-7-4-10-22-19(16)20)15-23-11-13-24(14-12-23)21(26)17-5-2-1-3-6-17/h1-10,25H,11-15H2. The molecule has 1 saturated heterocycles. The van der Waals surface area contributed by atoms with Gasteiger partial charge in [0.2, 0.25) is 0 Å². The molecule has 2 aromatic carbocycles. The number of aromatic hydroxyl groups is 1. The Hall–Kier alpha value is -2.92. The molecule has 1 amide bonds. The monoisotopic (exact) mass is 347 g/mol. The molecular formula is C21H21N3O2. The second-order valence-electron chi connectivity index (χ2n) is 6.58. The molecule has 0 spiro atoms. The molecule has 0 bridgehead atoms. The van der Waals surface area contributed by atoms with Crippen molar-refractivity contribution in [3.63, 3.8) is 0 Å². The Balaban J connectivity index is 1.41. The fourth-order valence-corrected chi connectivity index (χ4v) is 3.41. The Morgan fingerprint density at radius 1 is 0.962 bits per heavy atom. The van der Waals surface area contributed by atoms with E-state index >= 15 is 0 Å². The van der Waals surface area contributed by atoms with Crippen LogP contribution in [0.3, 0.4) is 0 Å². The smallest absolute Gasteiger partial charge is 0.253 e. The van der Waals surface area contributed by atoms with Crippen molar-refractivity contribution in [3.8, 4) is 5.75 Å². The molecule has 3 aromatic rings. The zero-order valence-corrected chi connectivity index (χ0v) is 14.5. The van der Waals surface area contributed by atoms with Gasteiger partial charge in [-0.1, -0.05) is 36.4 Å². The lowest BCUT2D eigenvalue weighted by molar-refractivity contribution is 0.0627. The minimum Gasteiger partial charge on any atom is -0.505 e. The van der Waals surface area contributed by atoms with Crippen LogP contribution in [-0.2, 0) is 6.54 Å². The Morgan fingerprint density at radius 3 is 2.50 bits per heavy atom. The van der Waals surface area contributed by atoms with E-state index in [1.165, 1.54) is 0 Å². The summed E-state index contributed by atoms with van der Waals surface area (Å²) in [7, 11) is 0. The van der Waals surface area contributed by atoms with Gasteiger partial charge in [-0.05, 0) is 18.2 Å². The average Bonchev–Trinajstić information content (AvgIpc) is 2.71. The highest BCUT2D eigenvalue weighted by Crippen LogP contribution is 2.28. The molecule has 0 atom stereocenters. The number of benzene rings is 2. The molecule has 5 nitrogen and oxygen atoms in total. The number of piperazine rings is 1. The van der Waals surface area contributed by atoms with Crippen molar-refractivity contribution in [2.75, 3.05) is 26.2 Å². The fourth-order valence-electron chi connectivity index (χ4n) is 3.41. The van der Waals surface area contributed by atoms with Crippen molar-refractivity contribution in [1.82, 2.24) is 14.8 Å². The van der Waals surface area contributed by atoms with Gasteiger partial charge in [-0.2, -0.15) is 0 Å². The molecule has 1 fully saturated rings. The van der Waals surface area contributed by atoms with Gasteiger partial charge < -0.3 is 10.0 Å². The summed E-state index contributed by atoms with van der Waals surface area (Å²) >= 11 is 0. The Labute approximate surface area is 152 Å². The van der Waals surface area contributed by atoms with Crippen LogP contribution in [0.2, 0.25) is 0 Å². The van der Waals surface area contributed by atoms with E-state index in [9.17, 15) is 9.90 Å². The van der Waals surface area contributed by atoms with Crippen LogP contribution < -0.4 is 0 Å². The molecule has 26 heavy (non-hydrogen) atoms. The maximum atomic E-state index is 12.5. The fraction of sp³-hybridized carbons (Fsp3) is 0.238. The molecule has 0 saturated carbocycles. The Bertz CT molecular complexity index is 919. The number of fused-ring (bicyclic) bond motifs is 1. The molecular weight excluding hydrogens is 326 g/mol. The maximum absolute atomic E-state index is 12.5. The van der Waals surface area contributed by atoms with Crippen molar-refractivity contribution in [2.45, 2.75) is 6.54 Å². The second kappa shape index (κ2) is 7.14. The number of carbonyl (C=O) groups excluding carboxylic acids is 1. The first-order valence-electron chi connectivity index (χ1n) is 8.84. The summed E-state index contributed by atoms with van der Waals surface area (Å²) in [4.78, 5) is 21.0. The third-order valence-corrected chi connectivity index (χ3v) is 4.91. The summed E-state index contributed by atoms with van der Waals surface area (Å²) in [5, 5.41) is 11.5. The zero-order chi connectivity index (χ0) is 17.9. The van der Waals surface area contributed by atoms with Gasteiger partial charge in [0.1, 0.15) is 11.3 Å². The maximum Gasteiger partial charge on any atom is 0.253 e. The SMILES string of the molecule is O=C(c1ccccc1)N1CCN(Cc2ccc3cccnc3c2O)CC1. The van der Waals surface area contributed by atoms with Gasteiger partial charge in [-0.3, -0.25) is 14.7 Å². The van der Waals surface area contributed by atoms with Crippen molar-refractivity contribution >= 4 is 16.8 Å². The molecule has 0 aliphatic carbocycles. The molecule has 0 radical (unpaired) electrons. The van der Waals surface area contributed by atoms with E-state index < -0.39 is 0 Å². The van der Waals surface area contributed by atoms with Gasteiger partial charge in [-0.15, -0.1) is 0 Å². The normalized spacial score (nSPS) is 15.3. The highest BCUT2D eigenvalue weighted by atomic mass is 16.3. The number of pyridine rings is 1. The summed E-state index contributed by atoms with van der Waals surface area (Å²) in [6, 6.07) is 17.2. The van der Waals surface area contributed by atoms with Crippen LogP contribution >= 0.6 is 0 Å². The first-order chi connectivity index (χ1) is 12.7. The Kier molecular flexibility index (Phi) is 4.54. The Morgan fingerprint density at radius 2 is 1.73 bits per heavy atom. The molecule has 1 aromatic heterocycles. The molecule has 2 heterocycles. The number of phenols is 1. The summed E-state index contributed by atoms with van der Waals surface area (Å²) in [5.74, 6) is 0.342. The molecule has 4 rings (SSSR count). The van der Waals surface area contributed by atoms with E-state index in [2.05, 4.69) is 9.88 Å². The van der Waals surface area contributed by atoms with Crippen LogP contribution in [0.25, 0.3) is 10.9 Å². The number of amides is 1. The summed E-state index contributed by atoms with van der Waals surface area (Å²) in [5.41, 5.74) is 2.25. The van der Waals surface area contributed by atoms with Crippen molar-refractivity contribution in [1.29, 1.82) is 0 Å². The average molecular weight is 347 g/mol. The molecule has 5 heteroatoms. The lowest BCUT2D eigenvalue weighted by Crippen LogP contribution is -2.48. The highest BCUT2D eigenvalue weighted by molar-refractivity contribution is 5.94. The van der Waals surface area contributed by atoms with E-state index in [4.69, 9.17) is 0 Å². The quantitative estimate of drug-likeness (QED) is 0.791. The van der Waals surface area contributed by atoms with Crippen LogP contribution in [-0.4, -0.2) is 52.0 Å². The predicted molar refractivity (Wildman–Crippen MR) is 101 cm³/mol. The lowest BCUT2D eigenvalue weighted by atomic mass is 10.1. The van der Waals surface area contributed by atoms with Gasteiger partial charge in [0.15, 0.2) is 0 Å². The van der Waals surface area contributed by atoms with E-state index in [0.29, 0.717) is 25.2 Å². The minimum absolute atomic E-state index is 0.0861. The number of rotatable bonds is 3. The predicted octanol–water partition coefficient (Wildman–Crippen LogP) is 2.90. The molecule has 1 aliphatic rings. The number of hydrogen-bond donors (Lipinski definition) is 1. The topological polar surface area (TPSA) is 56.7 Å². The second-order valence-corrected chi connectivity index (χ2v) is 6.58. The van der Waals surface area contributed by atoms with Crippen molar-refractivity contribution in [2.24, 2.45) is 0 Å². The number of phenolic OH excluding ortho intramolecular Hbond substituents is 1. The largest absolute Gasteiger partial charge is 0.505 e. The van der Waals surface area contributed by atoms with E-state index in [0.717, 1.165) is 29.6 Å². The first kappa shape index (κ1) is 16.5. The van der Waals surface area contributed by atoms with Crippen molar-refractivity contribution < 1.29 is 9.90 Å². The van der Waals surface area contributed by atoms with Gasteiger partial charge in [0.05, 0.1) is 0 Å². The summed E-state index contributed by atoms with van der Waals surface area (Å²) in [6.45, 7) is 3.63. The lowest BCUT2D eigenvalue weighted by Gasteiger charge is -2.35. The van der Waals surface area contributed by atoms with Crippen LogP contribution in [0, 0.1) is 0 Å². The van der Waals surface area contributed by atoms with Gasteiger partial charge in [0, 0.05) is 55.4 Å². The third-order valence-electron chi connectivity index (χ3n) is 4.91. The third kappa shape index (κ3) is 3.26. The van der Waals surface area contributed by atoms with Crippen LogP contribution in [0.1, 0.15) is 15.9 Å². The number of nitrogens with zero attached hydrogens (tertiary/aromatic N) is 3. The van der Waals surface area contributed by atoms with Crippen LogP contribution in [0.4, 0.5) is 0 Å². The van der Waals surface area contributed by atoms with Gasteiger partial charge in [0.25, 0.3) is 5.91 Å². The van der Waals surface area contributed by atoms with Crippen LogP contribution in [0.15, 0.2) is 60.8 Å². The van der Waals surface area contributed by atoms with Crippen molar-refractivity contribution in [3.05, 3.63) is 71.9 Å². The summed E-state index contributed by atoms with van der Waals surface area (Å²) < 4.78 is 0. The van der Waals surface area contributed by atoms with Gasteiger partial charge in [-0.25, -0.2) is 0 Å². The molecule has 132 valence electrons.